The molecule has 1 aliphatic heterocycles. The van der Waals surface area contributed by atoms with Crippen LogP contribution in [0, 0.1) is 11.3 Å². The van der Waals surface area contributed by atoms with Crippen molar-refractivity contribution in [1.29, 1.82) is 5.26 Å². The average molecular weight is 461 g/mol. The molecule has 0 aromatic carbocycles. The third-order valence-electron chi connectivity index (χ3n) is 6.17. The van der Waals surface area contributed by atoms with E-state index in [4.69, 9.17) is 9.72 Å². The highest BCUT2D eigenvalue weighted by Crippen LogP contribution is 2.46. The van der Waals surface area contributed by atoms with Crippen LogP contribution in [0.4, 0.5) is 10.6 Å². The molecule has 2 fully saturated rings. The minimum atomic E-state index is -0.523. The van der Waals surface area contributed by atoms with Crippen molar-refractivity contribution in [2.75, 3.05) is 24.5 Å². The molecule has 1 atom stereocenters. The molecule has 3 aromatic heterocycles. The molecule has 4 heterocycles. The Hall–Kier alpha value is -3.74. The molecule has 1 saturated heterocycles. The van der Waals surface area contributed by atoms with E-state index in [-0.39, 0.29) is 12.1 Å². The topological polar surface area (TPSA) is 113 Å². The maximum atomic E-state index is 12.6. The first-order valence-electron chi connectivity index (χ1n) is 11.6. The number of rotatable bonds is 3. The Morgan fingerprint density at radius 1 is 1.15 bits per heavy atom. The quantitative estimate of drug-likeness (QED) is 0.584. The summed E-state index contributed by atoms with van der Waals surface area (Å²) in [5.74, 6) is 1.94. The lowest BCUT2D eigenvalue weighted by Gasteiger charge is -2.41. The summed E-state index contributed by atoms with van der Waals surface area (Å²) in [6.45, 7) is 9.49. The van der Waals surface area contributed by atoms with Crippen LogP contribution in [0.25, 0.3) is 16.9 Å². The van der Waals surface area contributed by atoms with Gasteiger partial charge in [-0.3, -0.25) is 4.57 Å². The van der Waals surface area contributed by atoms with Gasteiger partial charge in [-0.05, 0) is 52.0 Å². The van der Waals surface area contributed by atoms with Gasteiger partial charge in [-0.15, -0.1) is 0 Å². The van der Waals surface area contributed by atoms with Gasteiger partial charge in [0, 0.05) is 37.9 Å². The fourth-order valence-corrected chi connectivity index (χ4v) is 4.47. The van der Waals surface area contributed by atoms with E-state index in [2.05, 4.69) is 39.0 Å². The minimum absolute atomic E-state index is 0.0546. The highest BCUT2D eigenvalue weighted by molar-refractivity contribution is 5.93. The molecular weight excluding hydrogens is 432 g/mol. The summed E-state index contributed by atoms with van der Waals surface area (Å²) in [6.07, 6.45) is 7.02. The number of aromatic nitrogens is 5. The van der Waals surface area contributed by atoms with Gasteiger partial charge in [0.15, 0.2) is 5.65 Å². The van der Waals surface area contributed by atoms with Gasteiger partial charge in [-0.25, -0.2) is 24.7 Å². The Morgan fingerprint density at radius 2 is 1.91 bits per heavy atom. The van der Waals surface area contributed by atoms with Crippen molar-refractivity contribution < 1.29 is 9.53 Å². The second-order valence-corrected chi connectivity index (χ2v) is 9.97. The highest BCUT2D eigenvalue weighted by atomic mass is 16.6. The number of anilines is 1. The standard InChI is InChI=1S/C24H28N8O2/c1-15-11-30(23(33)34-24(2,3)4)7-8-31(15)21-20-18(16-5-6-16)12-32(22(20)29-14-28-21)19-9-17(10-25)26-13-27-19/h9,12-16H,5-8,11H2,1-4H3. The normalized spacial score (nSPS) is 18.7. The molecule has 1 unspecified atom stereocenters. The Morgan fingerprint density at radius 3 is 2.59 bits per heavy atom. The smallest absolute Gasteiger partial charge is 0.410 e. The number of amides is 1. The summed E-state index contributed by atoms with van der Waals surface area (Å²) in [7, 11) is 0. The van der Waals surface area contributed by atoms with Crippen LogP contribution < -0.4 is 4.90 Å². The van der Waals surface area contributed by atoms with Crippen molar-refractivity contribution in [2.45, 2.75) is 58.1 Å². The van der Waals surface area contributed by atoms with Gasteiger partial charge in [-0.1, -0.05) is 0 Å². The number of nitrogens with zero attached hydrogens (tertiary/aromatic N) is 8. The van der Waals surface area contributed by atoms with Crippen LogP contribution in [0.15, 0.2) is 24.9 Å². The van der Waals surface area contributed by atoms with E-state index in [1.165, 1.54) is 11.9 Å². The Kier molecular flexibility index (Phi) is 5.35. The summed E-state index contributed by atoms with van der Waals surface area (Å²) in [5, 5.41) is 10.3. The predicted octanol–water partition coefficient (Wildman–Crippen LogP) is 3.41. The summed E-state index contributed by atoms with van der Waals surface area (Å²) in [4.78, 5) is 34.3. The van der Waals surface area contributed by atoms with Crippen molar-refractivity contribution in [1.82, 2.24) is 29.4 Å². The number of nitriles is 1. The average Bonchev–Trinajstić information content (AvgIpc) is 3.57. The van der Waals surface area contributed by atoms with Gasteiger partial charge in [0.25, 0.3) is 0 Å². The van der Waals surface area contributed by atoms with E-state index < -0.39 is 5.60 Å². The number of piperazine rings is 1. The first-order valence-corrected chi connectivity index (χ1v) is 11.6. The van der Waals surface area contributed by atoms with Crippen LogP contribution in [-0.4, -0.2) is 66.8 Å². The zero-order chi connectivity index (χ0) is 24.0. The molecular formula is C24H28N8O2. The van der Waals surface area contributed by atoms with Gasteiger partial charge < -0.3 is 14.5 Å². The van der Waals surface area contributed by atoms with Crippen molar-refractivity contribution >= 4 is 22.9 Å². The maximum absolute atomic E-state index is 12.6. The lowest BCUT2D eigenvalue weighted by Crippen LogP contribution is -2.54. The van der Waals surface area contributed by atoms with E-state index in [0.29, 0.717) is 37.1 Å². The summed E-state index contributed by atoms with van der Waals surface area (Å²) in [6, 6.07) is 3.80. The largest absolute Gasteiger partial charge is 0.444 e. The van der Waals surface area contributed by atoms with Crippen LogP contribution in [0.1, 0.15) is 57.7 Å². The number of hydrogen-bond acceptors (Lipinski definition) is 8. The number of carbonyl (C=O) groups is 1. The van der Waals surface area contributed by atoms with Crippen molar-refractivity contribution in [3.05, 3.63) is 36.2 Å². The number of ether oxygens (including phenoxy) is 1. The van der Waals surface area contributed by atoms with E-state index in [1.807, 2.05) is 25.3 Å². The molecule has 1 aliphatic carbocycles. The number of carbonyl (C=O) groups excluding carboxylic acids is 1. The maximum Gasteiger partial charge on any atom is 0.410 e. The zero-order valence-corrected chi connectivity index (χ0v) is 19.9. The van der Waals surface area contributed by atoms with Crippen LogP contribution in [-0.2, 0) is 4.74 Å². The van der Waals surface area contributed by atoms with Crippen molar-refractivity contribution in [2.24, 2.45) is 0 Å². The Bertz CT molecular complexity index is 1280. The van der Waals surface area contributed by atoms with Gasteiger partial charge in [0.05, 0.1) is 5.39 Å². The van der Waals surface area contributed by atoms with Gasteiger partial charge >= 0.3 is 6.09 Å². The van der Waals surface area contributed by atoms with Crippen molar-refractivity contribution in [3.63, 3.8) is 0 Å². The monoisotopic (exact) mass is 460 g/mol. The molecule has 0 N–H and O–H groups in total. The molecule has 3 aromatic rings. The molecule has 34 heavy (non-hydrogen) atoms. The Balaban J connectivity index is 1.51. The number of hydrogen-bond donors (Lipinski definition) is 0. The highest BCUT2D eigenvalue weighted by Gasteiger charge is 2.34. The van der Waals surface area contributed by atoms with E-state index >= 15 is 0 Å². The Labute approximate surface area is 198 Å². The molecule has 0 bridgehead atoms. The number of fused-ring (bicyclic) bond motifs is 1. The molecule has 10 nitrogen and oxygen atoms in total. The summed E-state index contributed by atoms with van der Waals surface area (Å²) < 4.78 is 7.50. The van der Waals surface area contributed by atoms with Crippen LogP contribution >= 0.6 is 0 Å². The third-order valence-corrected chi connectivity index (χ3v) is 6.17. The third kappa shape index (κ3) is 4.14. The molecule has 2 aliphatic rings. The second-order valence-electron chi connectivity index (χ2n) is 9.97. The van der Waals surface area contributed by atoms with Crippen LogP contribution in [0.3, 0.4) is 0 Å². The summed E-state index contributed by atoms with van der Waals surface area (Å²) >= 11 is 0. The fourth-order valence-electron chi connectivity index (χ4n) is 4.47. The van der Waals surface area contributed by atoms with Crippen LogP contribution in [0.5, 0.6) is 0 Å². The van der Waals surface area contributed by atoms with E-state index in [1.54, 1.807) is 17.3 Å². The van der Waals surface area contributed by atoms with E-state index in [9.17, 15) is 10.1 Å². The molecule has 5 rings (SSSR count). The molecule has 1 saturated carbocycles. The molecule has 0 spiro atoms. The van der Waals surface area contributed by atoms with Crippen LogP contribution in [0.2, 0.25) is 0 Å². The summed E-state index contributed by atoms with van der Waals surface area (Å²) in [5.41, 5.74) is 1.74. The van der Waals surface area contributed by atoms with E-state index in [0.717, 1.165) is 29.7 Å². The van der Waals surface area contributed by atoms with Crippen molar-refractivity contribution in [3.8, 4) is 11.9 Å². The zero-order valence-electron chi connectivity index (χ0n) is 19.9. The first-order chi connectivity index (χ1) is 16.2. The SMILES string of the molecule is CC1CN(C(=O)OC(C)(C)C)CCN1c1ncnc2c1c(C1CC1)cn2-c1cc(C#N)ncn1. The minimum Gasteiger partial charge on any atom is -0.444 e. The molecule has 10 heteroatoms. The lowest BCUT2D eigenvalue weighted by molar-refractivity contribution is 0.0218. The second kappa shape index (κ2) is 8.24. The lowest BCUT2D eigenvalue weighted by atomic mass is 10.1. The predicted molar refractivity (Wildman–Crippen MR) is 126 cm³/mol. The fraction of sp³-hybridized carbons (Fsp3) is 0.500. The molecule has 176 valence electrons. The van der Waals surface area contributed by atoms with Gasteiger partial charge in [0.1, 0.15) is 41.7 Å². The van der Waals surface area contributed by atoms with Gasteiger partial charge in [0.2, 0.25) is 0 Å². The molecule has 1 amide bonds. The molecule has 0 radical (unpaired) electrons. The first kappa shape index (κ1) is 22.1. The van der Waals surface area contributed by atoms with Gasteiger partial charge in [-0.2, -0.15) is 5.26 Å².